The molecule has 154 valence electrons. The molecule has 1 aliphatic carbocycles. The molecular formula is C24H26N4O2. The van der Waals surface area contributed by atoms with Crippen LogP contribution in [0, 0.1) is 5.92 Å². The smallest absolute Gasteiger partial charge is 0.226 e. The predicted octanol–water partition coefficient (Wildman–Crippen LogP) is 4.43. The van der Waals surface area contributed by atoms with Crippen LogP contribution in [0.4, 0.5) is 11.4 Å². The molecule has 2 heterocycles. The molecular weight excluding hydrogens is 376 g/mol. The van der Waals surface area contributed by atoms with Crippen LogP contribution in [0.2, 0.25) is 0 Å². The summed E-state index contributed by atoms with van der Waals surface area (Å²) in [6.45, 7) is 2.74. The van der Waals surface area contributed by atoms with Crippen LogP contribution >= 0.6 is 0 Å². The van der Waals surface area contributed by atoms with E-state index in [1.165, 1.54) is 0 Å². The summed E-state index contributed by atoms with van der Waals surface area (Å²) >= 11 is 0. The number of nitrogens with one attached hydrogen (secondary N) is 2. The van der Waals surface area contributed by atoms with Crippen LogP contribution in [0.5, 0.6) is 0 Å². The zero-order valence-electron chi connectivity index (χ0n) is 17.3. The van der Waals surface area contributed by atoms with E-state index in [2.05, 4.69) is 15.3 Å². The summed E-state index contributed by atoms with van der Waals surface area (Å²) in [7, 11) is 1.81. The number of carbonyl (C=O) groups excluding carboxylic acids is 2. The summed E-state index contributed by atoms with van der Waals surface area (Å²) in [4.78, 5) is 35.3. The zero-order chi connectivity index (χ0) is 21.1. The summed E-state index contributed by atoms with van der Waals surface area (Å²) < 4.78 is 0. The Bertz CT molecular complexity index is 1040. The van der Waals surface area contributed by atoms with Gasteiger partial charge in [-0.25, -0.2) is 0 Å². The van der Waals surface area contributed by atoms with Crippen molar-refractivity contribution >= 4 is 23.1 Å². The Balaban J connectivity index is 1.74. The van der Waals surface area contributed by atoms with Gasteiger partial charge in [-0.2, -0.15) is 0 Å². The van der Waals surface area contributed by atoms with Gasteiger partial charge in [0.2, 0.25) is 5.91 Å². The highest BCUT2D eigenvalue weighted by molar-refractivity contribution is 6.09. The Morgan fingerprint density at radius 2 is 1.90 bits per heavy atom. The average Bonchev–Trinajstić information content (AvgIpc) is 3.13. The minimum Gasteiger partial charge on any atom is -0.356 e. The first-order valence-electron chi connectivity index (χ1n) is 10.3. The number of fused-ring (bicyclic) bond motifs is 1. The molecule has 1 aromatic carbocycles. The largest absolute Gasteiger partial charge is 0.356 e. The van der Waals surface area contributed by atoms with Gasteiger partial charge in [-0.3, -0.25) is 14.6 Å². The van der Waals surface area contributed by atoms with E-state index in [0.717, 1.165) is 34.7 Å². The van der Waals surface area contributed by atoms with E-state index in [-0.39, 0.29) is 24.0 Å². The molecule has 0 bridgehead atoms. The molecule has 0 aliphatic heterocycles. The standard InChI is InChI=1S/C24H26N4O2/c1-3-13-28(2)24(30)17-14-19-21(20(29)15-17)23(26-18-7-5-4-6-8-18)22(27-19)16-9-11-25-12-10-16/h4-12,17,26-27H,3,13-15H2,1-2H3/t17-/m1/s1. The number of H-pyrrole nitrogens is 1. The maximum Gasteiger partial charge on any atom is 0.226 e. The molecule has 1 atom stereocenters. The van der Waals surface area contributed by atoms with Crippen molar-refractivity contribution in [2.75, 3.05) is 18.9 Å². The number of nitrogens with zero attached hydrogens (tertiary/aromatic N) is 2. The molecule has 4 rings (SSSR count). The van der Waals surface area contributed by atoms with Crippen LogP contribution in [-0.4, -0.2) is 40.2 Å². The van der Waals surface area contributed by atoms with Crippen molar-refractivity contribution in [2.24, 2.45) is 5.92 Å². The van der Waals surface area contributed by atoms with E-state index in [1.807, 2.05) is 56.4 Å². The Hall–Kier alpha value is -3.41. The average molecular weight is 402 g/mol. The third kappa shape index (κ3) is 3.85. The molecule has 0 fully saturated rings. The van der Waals surface area contributed by atoms with Crippen LogP contribution in [0.1, 0.15) is 35.8 Å². The van der Waals surface area contributed by atoms with Gasteiger partial charge >= 0.3 is 0 Å². The quantitative estimate of drug-likeness (QED) is 0.639. The topological polar surface area (TPSA) is 78.1 Å². The summed E-state index contributed by atoms with van der Waals surface area (Å²) in [6.07, 6.45) is 5.12. The number of benzene rings is 1. The maximum absolute atomic E-state index is 13.2. The normalized spacial score (nSPS) is 15.5. The molecule has 2 N–H and O–H groups in total. The maximum atomic E-state index is 13.2. The number of hydrogen-bond acceptors (Lipinski definition) is 4. The van der Waals surface area contributed by atoms with Gasteiger partial charge < -0.3 is 15.2 Å². The van der Waals surface area contributed by atoms with Crippen molar-refractivity contribution in [2.45, 2.75) is 26.2 Å². The number of pyridine rings is 1. The Labute approximate surface area is 176 Å². The van der Waals surface area contributed by atoms with Crippen LogP contribution in [0.3, 0.4) is 0 Å². The zero-order valence-corrected chi connectivity index (χ0v) is 17.3. The second-order valence-electron chi connectivity index (χ2n) is 7.74. The number of amides is 1. The molecule has 0 unspecified atom stereocenters. The minimum atomic E-state index is -0.324. The fourth-order valence-electron chi connectivity index (χ4n) is 4.11. The summed E-state index contributed by atoms with van der Waals surface area (Å²) in [5.74, 6) is -0.293. The first kappa shape index (κ1) is 19.9. The highest BCUT2D eigenvalue weighted by atomic mass is 16.2. The van der Waals surface area contributed by atoms with Crippen LogP contribution in [0.15, 0.2) is 54.9 Å². The number of ketones is 1. The number of hydrogen-bond donors (Lipinski definition) is 2. The number of anilines is 2. The molecule has 0 saturated heterocycles. The van der Waals surface area contributed by atoms with E-state index in [0.29, 0.717) is 18.5 Å². The van der Waals surface area contributed by atoms with Gasteiger partial charge in [0.1, 0.15) is 0 Å². The highest BCUT2D eigenvalue weighted by Crippen LogP contribution is 2.40. The van der Waals surface area contributed by atoms with Gasteiger partial charge in [0.15, 0.2) is 5.78 Å². The first-order valence-corrected chi connectivity index (χ1v) is 10.3. The lowest BCUT2D eigenvalue weighted by atomic mass is 9.85. The van der Waals surface area contributed by atoms with Gasteiger partial charge in [0.05, 0.1) is 22.9 Å². The van der Waals surface area contributed by atoms with Crippen molar-refractivity contribution in [3.8, 4) is 11.3 Å². The van der Waals surface area contributed by atoms with Crippen LogP contribution in [0.25, 0.3) is 11.3 Å². The summed E-state index contributed by atoms with van der Waals surface area (Å²) in [6, 6.07) is 13.6. The molecule has 3 aromatic rings. The van der Waals surface area contributed by atoms with Gasteiger partial charge in [0, 0.05) is 55.8 Å². The van der Waals surface area contributed by atoms with Crippen molar-refractivity contribution in [3.05, 3.63) is 66.1 Å². The van der Waals surface area contributed by atoms with E-state index in [9.17, 15) is 9.59 Å². The summed E-state index contributed by atoms with van der Waals surface area (Å²) in [5, 5.41) is 3.43. The fourth-order valence-corrected chi connectivity index (χ4v) is 4.11. The molecule has 0 radical (unpaired) electrons. The Morgan fingerprint density at radius 3 is 2.60 bits per heavy atom. The number of carbonyl (C=O) groups is 2. The number of para-hydroxylation sites is 1. The molecule has 30 heavy (non-hydrogen) atoms. The van der Waals surface area contributed by atoms with Crippen LogP contribution in [-0.2, 0) is 11.2 Å². The number of Topliss-reactive ketones (excluding diaryl/α,β-unsaturated/α-hetero) is 1. The Morgan fingerprint density at radius 1 is 1.17 bits per heavy atom. The SMILES string of the molecule is CCCN(C)C(=O)[C@H]1CC(=O)c2c([nH]c(-c3ccncc3)c2Nc2ccccc2)C1. The van der Waals surface area contributed by atoms with Crippen molar-refractivity contribution < 1.29 is 9.59 Å². The van der Waals surface area contributed by atoms with E-state index >= 15 is 0 Å². The van der Waals surface area contributed by atoms with Gasteiger partial charge in [-0.05, 0) is 30.7 Å². The highest BCUT2D eigenvalue weighted by Gasteiger charge is 2.35. The third-order valence-electron chi connectivity index (χ3n) is 5.54. The van der Waals surface area contributed by atoms with Crippen molar-refractivity contribution in [3.63, 3.8) is 0 Å². The number of aromatic nitrogens is 2. The molecule has 6 nitrogen and oxygen atoms in total. The molecule has 1 aliphatic rings. The molecule has 0 spiro atoms. The van der Waals surface area contributed by atoms with Gasteiger partial charge in [0.25, 0.3) is 0 Å². The second-order valence-corrected chi connectivity index (χ2v) is 7.74. The lowest BCUT2D eigenvalue weighted by Gasteiger charge is -2.26. The third-order valence-corrected chi connectivity index (χ3v) is 5.54. The first-order chi connectivity index (χ1) is 14.6. The molecule has 0 saturated carbocycles. The molecule has 6 heteroatoms. The van der Waals surface area contributed by atoms with Crippen molar-refractivity contribution in [1.82, 2.24) is 14.9 Å². The van der Waals surface area contributed by atoms with Gasteiger partial charge in [-0.15, -0.1) is 0 Å². The Kier molecular flexibility index (Phi) is 5.65. The van der Waals surface area contributed by atoms with E-state index in [4.69, 9.17) is 0 Å². The lowest BCUT2D eigenvalue weighted by molar-refractivity contribution is -0.134. The van der Waals surface area contributed by atoms with E-state index in [1.54, 1.807) is 17.3 Å². The van der Waals surface area contributed by atoms with E-state index < -0.39 is 0 Å². The second kappa shape index (κ2) is 8.53. The van der Waals surface area contributed by atoms with Crippen molar-refractivity contribution in [1.29, 1.82) is 0 Å². The monoisotopic (exact) mass is 402 g/mol. The number of rotatable bonds is 6. The fraction of sp³-hybridized carbons (Fsp3) is 0.292. The minimum absolute atomic E-state index is 0.00511. The van der Waals surface area contributed by atoms with Crippen LogP contribution < -0.4 is 5.32 Å². The molecule has 1 amide bonds. The number of aromatic amines is 1. The van der Waals surface area contributed by atoms with Gasteiger partial charge in [-0.1, -0.05) is 25.1 Å². The lowest BCUT2D eigenvalue weighted by Crippen LogP contribution is -2.37. The molecule has 2 aromatic heterocycles. The predicted molar refractivity (Wildman–Crippen MR) is 118 cm³/mol. The summed E-state index contributed by atoms with van der Waals surface area (Å²) in [5.41, 5.74) is 4.93.